The van der Waals surface area contributed by atoms with E-state index in [1.165, 1.54) is 0 Å². The Labute approximate surface area is 204 Å². The van der Waals surface area contributed by atoms with Crippen LogP contribution in [0.1, 0.15) is 33.6 Å². The smallest absolute Gasteiger partial charge is 0.205 e. The molecule has 0 bridgehead atoms. The second kappa shape index (κ2) is 10.6. The van der Waals surface area contributed by atoms with Gasteiger partial charge in [0.1, 0.15) is 41.9 Å². The fraction of sp³-hybridized carbons (Fsp3) is 0.179. The lowest BCUT2D eigenvalue weighted by Crippen LogP contribution is -2.35. The standard InChI is InChI=1S/C28H26F2N5/c1-33(2)25-15-11-19(27(29)23(25)17-31)9-13-21-7-6-8-22(35(21)5)14-10-20-12-16-26(34(3)4)24(18-32)28(20)30/h6-16H,1-5H3/q+1. The molecular formula is C28H26F2N5+. The Morgan fingerprint density at radius 1 is 0.686 bits per heavy atom. The summed E-state index contributed by atoms with van der Waals surface area (Å²) >= 11 is 0. The molecule has 176 valence electrons. The molecule has 7 heteroatoms. The number of halogens is 2. The number of nitriles is 2. The van der Waals surface area contributed by atoms with Crippen LogP contribution in [-0.4, -0.2) is 28.2 Å². The molecule has 1 aromatic heterocycles. The van der Waals surface area contributed by atoms with Crippen LogP contribution in [0.15, 0.2) is 42.5 Å². The number of aromatic nitrogens is 1. The maximum Gasteiger partial charge on any atom is 0.205 e. The number of anilines is 2. The number of hydrogen-bond acceptors (Lipinski definition) is 4. The molecule has 0 fully saturated rings. The third-order valence-corrected chi connectivity index (χ3v) is 5.66. The molecule has 0 radical (unpaired) electrons. The van der Waals surface area contributed by atoms with Crippen LogP contribution in [0.5, 0.6) is 0 Å². The van der Waals surface area contributed by atoms with E-state index in [0.29, 0.717) is 22.5 Å². The van der Waals surface area contributed by atoms with Crippen LogP contribution in [0, 0.1) is 34.3 Å². The minimum Gasteiger partial charge on any atom is -0.377 e. The SMILES string of the molecule is CN(C)c1ccc(/C=C/c2cccc(/C=C/c3ccc(N(C)C)c(C#N)c3F)[n+]2C)c(F)c1C#N. The van der Waals surface area contributed by atoms with Crippen molar-refractivity contribution in [3.05, 3.63) is 87.7 Å². The second-order valence-corrected chi connectivity index (χ2v) is 8.34. The molecule has 0 saturated carbocycles. The van der Waals surface area contributed by atoms with Gasteiger partial charge in [0, 0.05) is 63.6 Å². The lowest BCUT2D eigenvalue weighted by atomic mass is 10.1. The van der Waals surface area contributed by atoms with Gasteiger partial charge in [-0.3, -0.25) is 0 Å². The van der Waals surface area contributed by atoms with Gasteiger partial charge in [-0.25, -0.2) is 8.78 Å². The molecule has 35 heavy (non-hydrogen) atoms. The Bertz CT molecular complexity index is 1300. The molecule has 0 atom stereocenters. The van der Waals surface area contributed by atoms with Crippen molar-refractivity contribution >= 4 is 35.7 Å². The fourth-order valence-corrected chi connectivity index (χ4v) is 3.68. The zero-order valence-corrected chi connectivity index (χ0v) is 20.3. The van der Waals surface area contributed by atoms with E-state index in [-0.39, 0.29) is 11.1 Å². The van der Waals surface area contributed by atoms with E-state index in [2.05, 4.69) is 0 Å². The highest BCUT2D eigenvalue weighted by atomic mass is 19.1. The molecule has 0 amide bonds. The summed E-state index contributed by atoms with van der Waals surface area (Å²) in [6.07, 6.45) is 6.76. The number of rotatable bonds is 6. The van der Waals surface area contributed by atoms with Gasteiger partial charge in [0.15, 0.2) is 0 Å². The first kappa shape index (κ1) is 25.1. The van der Waals surface area contributed by atoms with E-state index in [0.717, 1.165) is 11.4 Å². The monoisotopic (exact) mass is 470 g/mol. The zero-order chi connectivity index (χ0) is 25.7. The van der Waals surface area contributed by atoms with Gasteiger partial charge in [-0.05, 0) is 42.5 Å². The Kier molecular flexibility index (Phi) is 7.63. The summed E-state index contributed by atoms with van der Waals surface area (Å²) in [5.41, 5.74) is 3.20. The van der Waals surface area contributed by atoms with E-state index >= 15 is 0 Å². The average Bonchev–Trinajstić information content (AvgIpc) is 2.83. The summed E-state index contributed by atoms with van der Waals surface area (Å²) in [5.74, 6) is -1.14. The molecule has 0 saturated heterocycles. The lowest BCUT2D eigenvalue weighted by molar-refractivity contribution is -0.675. The van der Waals surface area contributed by atoms with E-state index in [1.54, 1.807) is 86.6 Å². The van der Waals surface area contributed by atoms with Crippen LogP contribution in [0.3, 0.4) is 0 Å². The lowest BCUT2D eigenvalue weighted by Gasteiger charge is -2.15. The van der Waals surface area contributed by atoms with Gasteiger partial charge < -0.3 is 9.80 Å². The molecule has 5 nitrogen and oxygen atoms in total. The number of nitrogens with zero attached hydrogens (tertiary/aromatic N) is 5. The van der Waals surface area contributed by atoms with E-state index in [1.807, 2.05) is 42.0 Å². The first-order valence-electron chi connectivity index (χ1n) is 10.8. The van der Waals surface area contributed by atoms with Crippen LogP contribution in [-0.2, 0) is 7.05 Å². The molecule has 0 aliphatic rings. The highest BCUT2D eigenvalue weighted by Gasteiger charge is 2.15. The fourth-order valence-electron chi connectivity index (χ4n) is 3.68. The van der Waals surface area contributed by atoms with Crippen LogP contribution >= 0.6 is 0 Å². The van der Waals surface area contributed by atoms with Gasteiger partial charge in [0.2, 0.25) is 11.4 Å². The molecule has 0 N–H and O–H groups in total. The number of benzene rings is 2. The normalized spacial score (nSPS) is 11.0. The zero-order valence-electron chi connectivity index (χ0n) is 20.3. The summed E-state index contributed by atoms with van der Waals surface area (Å²) in [6, 6.07) is 16.2. The van der Waals surface area contributed by atoms with Gasteiger partial charge >= 0.3 is 0 Å². The number of pyridine rings is 1. The minimum atomic E-state index is -0.571. The first-order chi connectivity index (χ1) is 16.7. The van der Waals surface area contributed by atoms with E-state index in [9.17, 15) is 19.3 Å². The summed E-state index contributed by atoms with van der Waals surface area (Å²) in [7, 11) is 8.88. The summed E-state index contributed by atoms with van der Waals surface area (Å²) in [5, 5.41) is 18.8. The Morgan fingerprint density at radius 2 is 1.09 bits per heavy atom. The van der Waals surface area contributed by atoms with Crippen LogP contribution in [0.25, 0.3) is 24.3 Å². The molecular weight excluding hydrogens is 444 g/mol. The Morgan fingerprint density at radius 3 is 1.43 bits per heavy atom. The van der Waals surface area contributed by atoms with Crippen molar-refractivity contribution < 1.29 is 13.3 Å². The van der Waals surface area contributed by atoms with Gasteiger partial charge in [0.25, 0.3) is 0 Å². The van der Waals surface area contributed by atoms with E-state index < -0.39 is 11.6 Å². The highest BCUT2D eigenvalue weighted by molar-refractivity contribution is 5.74. The largest absolute Gasteiger partial charge is 0.377 e. The maximum atomic E-state index is 14.9. The van der Waals surface area contributed by atoms with Crippen molar-refractivity contribution in [3.8, 4) is 12.1 Å². The summed E-state index contributed by atoms with van der Waals surface area (Å²) in [4.78, 5) is 3.39. The van der Waals surface area contributed by atoms with Crippen molar-refractivity contribution in [1.29, 1.82) is 10.5 Å². The highest BCUT2D eigenvalue weighted by Crippen LogP contribution is 2.26. The van der Waals surface area contributed by atoms with Gasteiger partial charge in [-0.2, -0.15) is 15.1 Å². The van der Waals surface area contributed by atoms with Crippen molar-refractivity contribution in [3.63, 3.8) is 0 Å². The predicted octanol–water partition coefficient (Wildman–Crippen LogP) is 5.01. The van der Waals surface area contributed by atoms with Crippen molar-refractivity contribution in [1.82, 2.24) is 0 Å². The first-order valence-corrected chi connectivity index (χ1v) is 10.8. The third kappa shape index (κ3) is 5.20. The van der Waals surface area contributed by atoms with Crippen molar-refractivity contribution in [2.75, 3.05) is 38.0 Å². The quantitative estimate of drug-likeness (QED) is 0.476. The minimum absolute atomic E-state index is 0.00254. The molecule has 0 aliphatic carbocycles. The molecule has 1 heterocycles. The average molecular weight is 471 g/mol. The predicted molar refractivity (Wildman–Crippen MR) is 136 cm³/mol. The third-order valence-electron chi connectivity index (χ3n) is 5.66. The Hall–Kier alpha value is -4.49. The Balaban J connectivity index is 1.94. The van der Waals surface area contributed by atoms with Gasteiger partial charge in [-0.15, -0.1) is 0 Å². The second-order valence-electron chi connectivity index (χ2n) is 8.34. The molecule has 0 spiro atoms. The molecule has 0 aliphatic heterocycles. The van der Waals surface area contributed by atoms with Gasteiger partial charge in [0.05, 0.1) is 11.4 Å². The van der Waals surface area contributed by atoms with Crippen LogP contribution < -0.4 is 14.4 Å². The van der Waals surface area contributed by atoms with Crippen molar-refractivity contribution in [2.45, 2.75) is 0 Å². The molecule has 0 unspecified atom stereocenters. The van der Waals surface area contributed by atoms with Gasteiger partial charge in [-0.1, -0.05) is 0 Å². The molecule has 3 aromatic rings. The van der Waals surface area contributed by atoms with Crippen LogP contribution in [0.4, 0.5) is 20.2 Å². The van der Waals surface area contributed by atoms with Crippen molar-refractivity contribution in [2.24, 2.45) is 7.05 Å². The topological polar surface area (TPSA) is 57.9 Å². The van der Waals surface area contributed by atoms with Crippen LogP contribution in [0.2, 0.25) is 0 Å². The summed E-state index contributed by atoms with van der Waals surface area (Å²) < 4.78 is 31.6. The van der Waals surface area contributed by atoms with E-state index in [4.69, 9.17) is 0 Å². The maximum absolute atomic E-state index is 14.9. The number of hydrogen-bond donors (Lipinski definition) is 0. The molecule has 3 rings (SSSR count). The summed E-state index contributed by atoms with van der Waals surface area (Å²) in [6.45, 7) is 0. The molecule has 2 aromatic carbocycles.